The Balaban J connectivity index is 1.39. The van der Waals surface area contributed by atoms with Crippen LogP contribution in [0.3, 0.4) is 0 Å². The second-order valence-corrected chi connectivity index (χ2v) is 7.55. The fourth-order valence-electron chi connectivity index (χ4n) is 3.68. The topological polar surface area (TPSA) is 105 Å². The number of amides is 4. The maximum Gasteiger partial charge on any atom is 0.338 e. The van der Waals surface area contributed by atoms with Gasteiger partial charge < -0.3 is 15.0 Å². The van der Waals surface area contributed by atoms with Crippen molar-refractivity contribution in [2.75, 3.05) is 13.2 Å². The van der Waals surface area contributed by atoms with Gasteiger partial charge in [-0.3, -0.25) is 14.9 Å². The standard InChI is InChI=1S/C21H27N3O5/c25-18(23-21(28)22-17-5-2-1-3-6-17)14-29-20(27)16-10-8-15(9-11-16)13-24-12-4-7-19(24)26/h8-11,17H,1-7,12-14H2,(H2,22,23,25,28). The van der Waals surface area contributed by atoms with Crippen LogP contribution in [-0.2, 0) is 20.9 Å². The first-order valence-electron chi connectivity index (χ1n) is 10.2. The Morgan fingerprint density at radius 3 is 2.41 bits per heavy atom. The summed E-state index contributed by atoms with van der Waals surface area (Å²) in [5.41, 5.74) is 1.23. The van der Waals surface area contributed by atoms with Crippen LogP contribution in [0.4, 0.5) is 4.79 Å². The maximum atomic E-state index is 12.1. The van der Waals surface area contributed by atoms with Gasteiger partial charge in [-0.25, -0.2) is 9.59 Å². The predicted molar refractivity (Wildman–Crippen MR) is 105 cm³/mol. The van der Waals surface area contributed by atoms with Crippen molar-refractivity contribution in [1.82, 2.24) is 15.5 Å². The molecular formula is C21H27N3O5. The lowest BCUT2D eigenvalue weighted by molar-refractivity contribution is -0.128. The van der Waals surface area contributed by atoms with E-state index in [1.807, 2.05) is 0 Å². The lowest BCUT2D eigenvalue weighted by Gasteiger charge is -2.22. The minimum atomic E-state index is -0.671. The Hall–Kier alpha value is -2.90. The second kappa shape index (κ2) is 10.0. The molecule has 0 unspecified atom stereocenters. The molecule has 2 fully saturated rings. The first-order valence-corrected chi connectivity index (χ1v) is 10.2. The molecule has 0 bridgehead atoms. The number of carbonyl (C=O) groups is 4. The van der Waals surface area contributed by atoms with Crippen molar-refractivity contribution >= 4 is 23.8 Å². The third-order valence-electron chi connectivity index (χ3n) is 5.26. The van der Waals surface area contributed by atoms with Crippen LogP contribution >= 0.6 is 0 Å². The van der Waals surface area contributed by atoms with Gasteiger partial charge in [0, 0.05) is 25.6 Å². The molecule has 1 aromatic rings. The van der Waals surface area contributed by atoms with E-state index in [0.29, 0.717) is 18.5 Å². The van der Waals surface area contributed by atoms with Crippen molar-refractivity contribution in [2.45, 2.75) is 57.5 Å². The zero-order valence-electron chi connectivity index (χ0n) is 16.4. The van der Waals surface area contributed by atoms with Gasteiger partial charge >= 0.3 is 12.0 Å². The van der Waals surface area contributed by atoms with Crippen LogP contribution in [0.15, 0.2) is 24.3 Å². The minimum Gasteiger partial charge on any atom is -0.452 e. The molecule has 1 saturated heterocycles. The zero-order chi connectivity index (χ0) is 20.6. The molecule has 1 aliphatic heterocycles. The molecule has 8 nitrogen and oxygen atoms in total. The van der Waals surface area contributed by atoms with E-state index in [1.54, 1.807) is 29.2 Å². The van der Waals surface area contributed by atoms with Gasteiger partial charge in [-0.2, -0.15) is 0 Å². The van der Waals surface area contributed by atoms with Gasteiger partial charge in [0.2, 0.25) is 5.91 Å². The number of nitrogens with zero attached hydrogens (tertiary/aromatic N) is 1. The van der Waals surface area contributed by atoms with E-state index in [9.17, 15) is 19.2 Å². The minimum absolute atomic E-state index is 0.0912. The van der Waals surface area contributed by atoms with Crippen molar-refractivity contribution in [1.29, 1.82) is 0 Å². The summed E-state index contributed by atoms with van der Waals surface area (Å²) >= 11 is 0. The van der Waals surface area contributed by atoms with Gasteiger partial charge in [0.15, 0.2) is 6.61 Å². The molecule has 1 saturated carbocycles. The van der Waals surface area contributed by atoms with E-state index in [1.165, 1.54) is 6.42 Å². The summed E-state index contributed by atoms with van der Waals surface area (Å²) in [6.45, 7) is 0.750. The average molecular weight is 401 g/mol. The Morgan fingerprint density at radius 2 is 1.76 bits per heavy atom. The molecule has 156 valence electrons. The van der Waals surface area contributed by atoms with Crippen LogP contribution in [0.1, 0.15) is 60.9 Å². The van der Waals surface area contributed by atoms with Gasteiger partial charge in [-0.1, -0.05) is 31.4 Å². The lowest BCUT2D eigenvalue weighted by atomic mass is 9.96. The van der Waals surface area contributed by atoms with E-state index in [0.717, 1.165) is 44.2 Å². The molecule has 1 aliphatic carbocycles. The van der Waals surface area contributed by atoms with Gasteiger partial charge in [-0.05, 0) is 37.0 Å². The first kappa shape index (κ1) is 20.8. The molecule has 0 radical (unpaired) electrons. The quantitative estimate of drug-likeness (QED) is 0.711. The highest BCUT2D eigenvalue weighted by atomic mass is 16.5. The number of urea groups is 1. The smallest absolute Gasteiger partial charge is 0.338 e. The van der Waals surface area contributed by atoms with Crippen molar-refractivity contribution in [3.05, 3.63) is 35.4 Å². The number of imide groups is 1. The Bertz CT molecular complexity index is 756. The van der Waals surface area contributed by atoms with Crippen LogP contribution in [-0.4, -0.2) is 47.9 Å². The highest BCUT2D eigenvalue weighted by Crippen LogP contribution is 2.17. The summed E-state index contributed by atoms with van der Waals surface area (Å²) < 4.78 is 4.98. The van der Waals surface area contributed by atoms with Crippen LogP contribution in [0.5, 0.6) is 0 Å². The summed E-state index contributed by atoms with van der Waals surface area (Å²) in [6.07, 6.45) is 6.62. The van der Waals surface area contributed by atoms with Crippen molar-refractivity contribution in [3.8, 4) is 0 Å². The second-order valence-electron chi connectivity index (χ2n) is 7.55. The number of ether oxygens (including phenoxy) is 1. The summed E-state index contributed by atoms with van der Waals surface area (Å²) in [5.74, 6) is -1.17. The van der Waals surface area contributed by atoms with Gasteiger partial charge in [0.05, 0.1) is 5.56 Å². The van der Waals surface area contributed by atoms with Gasteiger partial charge in [-0.15, -0.1) is 0 Å². The molecule has 3 rings (SSSR count). The highest BCUT2D eigenvalue weighted by Gasteiger charge is 2.20. The van der Waals surface area contributed by atoms with E-state index in [2.05, 4.69) is 10.6 Å². The number of likely N-dealkylation sites (tertiary alicyclic amines) is 1. The fourth-order valence-corrected chi connectivity index (χ4v) is 3.68. The molecule has 2 aliphatic rings. The number of hydrogen-bond acceptors (Lipinski definition) is 5. The molecule has 0 atom stereocenters. The third-order valence-corrected chi connectivity index (χ3v) is 5.26. The van der Waals surface area contributed by atoms with Crippen LogP contribution in [0, 0.1) is 0 Å². The van der Waals surface area contributed by atoms with E-state index in [4.69, 9.17) is 4.74 Å². The van der Waals surface area contributed by atoms with E-state index in [-0.39, 0.29) is 11.9 Å². The average Bonchev–Trinajstić information content (AvgIpc) is 3.12. The zero-order valence-corrected chi connectivity index (χ0v) is 16.4. The summed E-state index contributed by atoms with van der Waals surface area (Å²) in [5, 5.41) is 4.95. The predicted octanol–water partition coefficient (Wildman–Crippen LogP) is 2.12. The number of esters is 1. The molecule has 1 heterocycles. The monoisotopic (exact) mass is 401 g/mol. The molecule has 0 spiro atoms. The largest absolute Gasteiger partial charge is 0.452 e. The normalized spacial score (nSPS) is 17.1. The SMILES string of the molecule is O=C(COC(=O)c1ccc(CN2CCCC2=O)cc1)NC(=O)NC1CCCCC1. The van der Waals surface area contributed by atoms with Crippen molar-refractivity contribution < 1.29 is 23.9 Å². The third kappa shape index (κ3) is 6.30. The van der Waals surface area contributed by atoms with Crippen LogP contribution < -0.4 is 10.6 Å². The Labute approximate surface area is 170 Å². The maximum absolute atomic E-state index is 12.1. The molecule has 29 heavy (non-hydrogen) atoms. The first-order chi connectivity index (χ1) is 14.0. The van der Waals surface area contributed by atoms with E-state index >= 15 is 0 Å². The molecule has 8 heteroatoms. The number of carbonyl (C=O) groups excluding carboxylic acids is 4. The number of nitrogens with one attached hydrogen (secondary N) is 2. The molecule has 4 amide bonds. The fraction of sp³-hybridized carbons (Fsp3) is 0.524. The van der Waals surface area contributed by atoms with Gasteiger partial charge in [0.25, 0.3) is 5.91 Å². The molecular weight excluding hydrogens is 374 g/mol. The lowest BCUT2D eigenvalue weighted by Crippen LogP contribution is -2.46. The number of benzene rings is 1. The molecule has 0 aromatic heterocycles. The number of rotatable bonds is 6. The number of hydrogen-bond donors (Lipinski definition) is 2. The summed E-state index contributed by atoms with van der Waals surface area (Å²) in [6, 6.07) is 6.27. The Kier molecular flexibility index (Phi) is 7.21. The van der Waals surface area contributed by atoms with Crippen LogP contribution in [0.2, 0.25) is 0 Å². The summed E-state index contributed by atoms with van der Waals surface area (Å²) in [4.78, 5) is 49.2. The van der Waals surface area contributed by atoms with Crippen LogP contribution in [0.25, 0.3) is 0 Å². The summed E-state index contributed by atoms with van der Waals surface area (Å²) in [7, 11) is 0. The molecule has 2 N–H and O–H groups in total. The Morgan fingerprint density at radius 1 is 1.03 bits per heavy atom. The highest BCUT2D eigenvalue weighted by molar-refractivity contribution is 5.97. The molecule has 1 aromatic carbocycles. The van der Waals surface area contributed by atoms with Crippen molar-refractivity contribution in [2.24, 2.45) is 0 Å². The van der Waals surface area contributed by atoms with Crippen molar-refractivity contribution in [3.63, 3.8) is 0 Å². The van der Waals surface area contributed by atoms with E-state index < -0.39 is 24.5 Å². The van der Waals surface area contributed by atoms with Gasteiger partial charge in [0.1, 0.15) is 0 Å².